The molecule has 0 saturated carbocycles. The second kappa shape index (κ2) is 5.91. The lowest BCUT2D eigenvalue weighted by Crippen LogP contribution is -2.49. The predicted octanol–water partition coefficient (Wildman–Crippen LogP) is 4.83. The molecule has 3 aromatic rings. The Hall–Kier alpha value is -2.40. The number of ether oxygens (including phenoxy) is 1. The summed E-state index contributed by atoms with van der Waals surface area (Å²) >= 11 is 0. The summed E-state index contributed by atoms with van der Waals surface area (Å²) in [5.74, 6) is -3.17. The third kappa shape index (κ3) is 2.55. The normalized spacial score (nSPS) is 19.4. The van der Waals surface area contributed by atoms with Gasteiger partial charge in [-0.1, -0.05) is 48.5 Å². The first-order valence-corrected chi connectivity index (χ1v) is 7.28. The number of fused-ring (bicyclic) bond motifs is 3. The van der Waals surface area contributed by atoms with Crippen molar-refractivity contribution in [1.82, 2.24) is 5.32 Å². The Morgan fingerprint density at radius 3 is 2.38 bits per heavy atom. The standard InChI is InChI=1S/C18H13F2NO2.ClH/c19-18(20)10-23-17(22)21-16(18)15-9-11-5-1-2-6-12(11)13-7-3-4-8-14(13)15;/h1-9,16H,10H2,(H,21,22);1H/t16-;/m1./s1. The number of amides is 1. The first kappa shape index (κ1) is 16.5. The Morgan fingerprint density at radius 2 is 1.62 bits per heavy atom. The van der Waals surface area contributed by atoms with E-state index in [1.54, 1.807) is 18.2 Å². The van der Waals surface area contributed by atoms with Crippen molar-refractivity contribution in [3.05, 3.63) is 60.2 Å². The largest absolute Gasteiger partial charge is 0.443 e. The molecule has 1 heterocycles. The van der Waals surface area contributed by atoms with Crippen LogP contribution in [0.4, 0.5) is 13.6 Å². The third-order valence-corrected chi connectivity index (χ3v) is 4.19. The fourth-order valence-electron chi connectivity index (χ4n) is 3.14. The van der Waals surface area contributed by atoms with Gasteiger partial charge in [0.05, 0.1) is 0 Å². The number of carbonyl (C=O) groups excluding carboxylic acids is 1. The molecule has 3 nitrogen and oxygen atoms in total. The summed E-state index contributed by atoms with van der Waals surface area (Å²) < 4.78 is 33.1. The minimum Gasteiger partial charge on any atom is -0.443 e. The molecule has 0 radical (unpaired) electrons. The fourth-order valence-corrected chi connectivity index (χ4v) is 3.14. The van der Waals surface area contributed by atoms with Crippen molar-refractivity contribution in [1.29, 1.82) is 0 Å². The number of carbonyl (C=O) groups is 1. The molecule has 1 N–H and O–H groups in total. The molecule has 1 aliphatic rings. The van der Waals surface area contributed by atoms with Gasteiger partial charge in [-0.3, -0.25) is 0 Å². The maximum absolute atomic E-state index is 14.3. The van der Waals surface area contributed by atoms with E-state index in [9.17, 15) is 13.6 Å². The average molecular weight is 350 g/mol. The summed E-state index contributed by atoms with van der Waals surface area (Å²) in [5.41, 5.74) is 0.404. The van der Waals surface area contributed by atoms with E-state index >= 15 is 0 Å². The summed E-state index contributed by atoms with van der Waals surface area (Å²) in [7, 11) is 0. The Balaban J connectivity index is 0.00000169. The Kier molecular flexibility index (Phi) is 4.05. The minimum absolute atomic E-state index is 0. The third-order valence-electron chi connectivity index (χ3n) is 4.19. The molecule has 0 spiro atoms. The van der Waals surface area contributed by atoms with Crippen LogP contribution in [0.25, 0.3) is 21.5 Å². The highest BCUT2D eigenvalue weighted by molar-refractivity contribution is 6.09. The van der Waals surface area contributed by atoms with Crippen LogP contribution in [0, 0.1) is 0 Å². The van der Waals surface area contributed by atoms with E-state index in [0.29, 0.717) is 10.9 Å². The summed E-state index contributed by atoms with van der Waals surface area (Å²) in [4.78, 5) is 11.5. The van der Waals surface area contributed by atoms with Gasteiger partial charge in [-0.15, -0.1) is 12.4 Å². The van der Waals surface area contributed by atoms with E-state index in [0.717, 1.165) is 16.2 Å². The zero-order chi connectivity index (χ0) is 16.0. The zero-order valence-corrected chi connectivity index (χ0v) is 13.3. The number of alkyl halides is 2. The zero-order valence-electron chi connectivity index (χ0n) is 12.5. The summed E-state index contributed by atoms with van der Waals surface area (Å²) in [6.45, 7) is -0.912. The van der Waals surface area contributed by atoms with Gasteiger partial charge in [-0.25, -0.2) is 13.6 Å². The average Bonchev–Trinajstić information content (AvgIpc) is 2.56. The molecule has 0 aromatic heterocycles. The number of rotatable bonds is 1. The smallest absolute Gasteiger partial charge is 0.408 e. The van der Waals surface area contributed by atoms with Gasteiger partial charge in [-0.2, -0.15) is 0 Å². The van der Waals surface area contributed by atoms with Gasteiger partial charge in [0, 0.05) is 0 Å². The Morgan fingerprint density at radius 1 is 1.00 bits per heavy atom. The Bertz CT molecular complexity index is 929. The highest BCUT2D eigenvalue weighted by atomic mass is 35.5. The van der Waals surface area contributed by atoms with E-state index in [1.807, 2.05) is 36.4 Å². The minimum atomic E-state index is -3.17. The highest BCUT2D eigenvalue weighted by Gasteiger charge is 2.47. The molecular formula is C18H14ClF2NO2. The molecule has 1 fully saturated rings. The van der Waals surface area contributed by atoms with E-state index in [2.05, 4.69) is 10.1 Å². The van der Waals surface area contributed by atoms with Crippen LogP contribution in [0.15, 0.2) is 54.6 Å². The molecule has 124 valence electrons. The van der Waals surface area contributed by atoms with Crippen molar-refractivity contribution in [2.24, 2.45) is 0 Å². The summed E-state index contributed by atoms with van der Waals surface area (Å²) in [5, 5.41) is 5.71. The lowest BCUT2D eigenvalue weighted by atomic mass is 9.90. The number of hydrogen-bond donors (Lipinski definition) is 1. The van der Waals surface area contributed by atoms with Crippen molar-refractivity contribution in [3.63, 3.8) is 0 Å². The van der Waals surface area contributed by atoms with Crippen molar-refractivity contribution in [3.8, 4) is 0 Å². The van der Waals surface area contributed by atoms with Crippen LogP contribution in [0.2, 0.25) is 0 Å². The van der Waals surface area contributed by atoms with E-state index in [-0.39, 0.29) is 12.4 Å². The molecule has 1 aliphatic heterocycles. The first-order chi connectivity index (χ1) is 11.1. The molecule has 0 unspecified atom stereocenters. The van der Waals surface area contributed by atoms with Gasteiger partial charge in [0.1, 0.15) is 6.04 Å². The highest BCUT2D eigenvalue weighted by Crippen LogP contribution is 2.40. The topological polar surface area (TPSA) is 38.3 Å². The van der Waals surface area contributed by atoms with Gasteiger partial charge >= 0.3 is 12.0 Å². The van der Waals surface area contributed by atoms with Crippen LogP contribution in [0.1, 0.15) is 11.6 Å². The number of benzene rings is 3. The van der Waals surface area contributed by atoms with Crippen LogP contribution < -0.4 is 5.32 Å². The Labute approximate surface area is 143 Å². The second-order valence-corrected chi connectivity index (χ2v) is 5.65. The maximum Gasteiger partial charge on any atom is 0.408 e. The van der Waals surface area contributed by atoms with Gasteiger partial charge in [0.25, 0.3) is 0 Å². The molecule has 0 bridgehead atoms. The lowest BCUT2D eigenvalue weighted by Gasteiger charge is -2.32. The van der Waals surface area contributed by atoms with Crippen LogP contribution in [0.3, 0.4) is 0 Å². The molecule has 1 amide bonds. The van der Waals surface area contributed by atoms with Crippen molar-refractivity contribution < 1.29 is 18.3 Å². The number of hydrogen-bond acceptors (Lipinski definition) is 2. The van der Waals surface area contributed by atoms with E-state index in [1.165, 1.54) is 0 Å². The van der Waals surface area contributed by atoms with Crippen molar-refractivity contribution in [2.45, 2.75) is 12.0 Å². The molecule has 3 aromatic carbocycles. The number of halogens is 3. The van der Waals surface area contributed by atoms with E-state index < -0.39 is 24.7 Å². The van der Waals surface area contributed by atoms with Crippen molar-refractivity contribution in [2.75, 3.05) is 6.61 Å². The SMILES string of the molecule is Cl.O=C1N[C@H](c2cc3ccccc3c3ccccc23)C(F)(F)CO1. The maximum atomic E-state index is 14.3. The van der Waals surface area contributed by atoms with Gasteiger partial charge in [0.2, 0.25) is 0 Å². The number of cyclic esters (lactones) is 1. The monoisotopic (exact) mass is 349 g/mol. The molecule has 0 aliphatic carbocycles. The quantitative estimate of drug-likeness (QED) is 0.639. The van der Waals surface area contributed by atoms with Crippen LogP contribution >= 0.6 is 12.4 Å². The van der Waals surface area contributed by atoms with Gasteiger partial charge < -0.3 is 10.1 Å². The molecule has 1 saturated heterocycles. The second-order valence-electron chi connectivity index (χ2n) is 5.65. The van der Waals surface area contributed by atoms with E-state index in [4.69, 9.17) is 0 Å². The molecule has 24 heavy (non-hydrogen) atoms. The summed E-state index contributed by atoms with van der Waals surface area (Å²) in [6, 6.07) is 15.3. The van der Waals surface area contributed by atoms with Crippen LogP contribution in [-0.2, 0) is 4.74 Å². The fraction of sp³-hybridized carbons (Fsp3) is 0.167. The first-order valence-electron chi connectivity index (χ1n) is 7.28. The van der Waals surface area contributed by atoms with Crippen LogP contribution in [0.5, 0.6) is 0 Å². The predicted molar refractivity (Wildman–Crippen MR) is 90.9 cm³/mol. The number of alkyl carbamates (subject to hydrolysis) is 1. The van der Waals surface area contributed by atoms with Crippen LogP contribution in [-0.4, -0.2) is 18.6 Å². The summed E-state index contributed by atoms with van der Waals surface area (Å²) in [6.07, 6.45) is -0.821. The lowest BCUT2D eigenvalue weighted by molar-refractivity contribution is -0.103. The molecule has 6 heteroatoms. The van der Waals surface area contributed by atoms with Crippen molar-refractivity contribution >= 4 is 40.0 Å². The number of nitrogens with one attached hydrogen (secondary N) is 1. The van der Waals surface area contributed by atoms with Gasteiger partial charge in [0.15, 0.2) is 6.61 Å². The molecular weight excluding hydrogens is 336 g/mol. The van der Waals surface area contributed by atoms with Gasteiger partial charge in [-0.05, 0) is 33.2 Å². The molecule has 4 rings (SSSR count). The molecule has 1 atom stereocenters.